The minimum Gasteiger partial charge on any atom is -0.503 e. The van der Waals surface area contributed by atoms with Crippen molar-refractivity contribution < 1.29 is 24.2 Å². The zero-order chi connectivity index (χ0) is 22.5. The third kappa shape index (κ3) is 4.80. The Morgan fingerprint density at radius 2 is 1.94 bits per heavy atom. The third-order valence-corrected chi connectivity index (χ3v) is 6.23. The summed E-state index contributed by atoms with van der Waals surface area (Å²) >= 11 is 1.26. The lowest BCUT2D eigenvalue weighted by Crippen LogP contribution is -2.34. The van der Waals surface area contributed by atoms with Crippen LogP contribution in [0.3, 0.4) is 0 Å². The van der Waals surface area contributed by atoms with Gasteiger partial charge in [-0.05, 0) is 38.0 Å². The van der Waals surface area contributed by atoms with Gasteiger partial charge < -0.3 is 19.5 Å². The second-order valence-electron chi connectivity index (χ2n) is 7.40. The van der Waals surface area contributed by atoms with Gasteiger partial charge in [-0.25, -0.2) is 4.98 Å². The molecule has 1 aliphatic rings. The Bertz CT molecular complexity index is 980. The number of carbonyl (C=O) groups excluding carboxylic acids is 2. The molecule has 0 saturated carbocycles. The first-order chi connectivity index (χ1) is 14.9. The Morgan fingerprint density at radius 3 is 2.52 bits per heavy atom. The van der Waals surface area contributed by atoms with E-state index in [-0.39, 0.29) is 24.5 Å². The van der Waals surface area contributed by atoms with Crippen molar-refractivity contribution in [2.75, 3.05) is 26.9 Å². The number of amides is 1. The number of aliphatic hydroxyl groups excluding tert-OH is 1. The van der Waals surface area contributed by atoms with Crippen molar-refractivity contribution in [1.82, 2.24) is 9.88 Å². The molecule has 31 heavy (non-hydrogen) atoms. The van der Waals surface area contributed by atoms with Gasteiger partial charge in [0.1, 0.15) is 5.75 Å². The van der Waals surface area contributed by atoms with E-state index in [1.807, 2.05) is 31.2 Å². The van der Waals surface area contributed by atoms with Crippen molar-refractivity contribution >= 4 is 23.0 Å². The highest BCUT2D eigenvalue weighted by Crippen LogP contribution is 2.40. The maximum absolute atomic E-state index is 13.4. The maximum Gasteiger partial charge on any atom is 0.290 e. The lowest BCUT2D eigenvalue weighted by molar-refractivity contribution is -0.130. The Hall–Kier alpha value is -2.71. The molecule has 166 valence electrons. The zero-order valence-corrected chi connectivity index (χ0v) is 19.1. The zero-order valence-electron chi connectivity index (χ0n) is 18.3. The largest absolute Gasteiger partial charge is 0.503 e. The number of ketones is 1. The summed E-state index contributed by atoms with van der Waals surface area (Å²) in [4.78, 5) is 32.5. The average Bonchev–Trinajstić information content (AvgIpc) is 3.22. The molecular formula is C23H28N2O5S. The second kappa shape index (κ2) is 10.1. The SMILES string of the molecule is CCCCOc1ccc(C2C(C(=O)c3sc(C)nc3C)=C(O)C(=O)N2CCOC)cc1. The van der Waals surface area contributed by atoms with Crippen molar-refractivity contribution in [3.05, 3.63) is 56.7 Å². The second-order valence-corrected chi connectivity index (χ2v) is 8.61. The van der Waals surface area contributed by atoms with Crippen LogP contribution in [0.15, 0.2) is 35.6 Å². The number of hydrogen-bond donors (Lipinski definition) is 1. The highest BCUT2D eigenvalue weighted by Gasteiger charge is 2.44. The highest BCUT2D eigenvalue weighted by molar-refractivity contribution is 7.14. The summed E-state index contributed by atoms with van der Waals surface area (Å²) in [5, 5.41) is 11.4. The monoisotopic (exact) mass is 444 g/mol. The van der Waals surface area contributed by atoms with Gasteiger partial charge in [0.2, 0.25) is 5.78 Å². The van der Waals surface area contributed by atoms with Crippen LogP contribution in [0.1, 0.15) is 51.7 Å². The molecule has 0 aliphatic carbocycles. The summed E-state index contributed by atoms with van der Waals surface area (Å²) in [6, 6.07) is 6.60. The molecule has 3 rings (SSSR count). The smallest absolute Gasteiger partial charge is 0.290 e. The Balaban J connectivity index is 1.98. The quantitative estimate of drug-likeness (QED) is 0.437. The van der Waals surface area contributed by atoms with Crippen molar-refractivity contribution in [3.8, 4) is 5.75 Å². The molecule has 7 nitrogen and oxygen atoms in total. The number of unbranched alkanes of at least 4 members (excludes halogenated alkanes) is 1. The molecule has 2 heterocycles. The van der Waals surface area contributed by atoms with Crippen LogP contribution in [0.2, 0.25) is 0 Å². The minimum absolute atomic E-state index is 0.0764. The van der Waals surface area contributed by atoms with Gasteiger partial charge in [-0.3, -0.25) is 9.59 Å². The number of carbonyl (C=O) groups is 2. The predicted molar refractivity (Wildman–Crippen MR) is 119 cm³/mol. The number of nitrogens with zero attached hydrogens (tertiary/aromatic N) is 2. The van der Waals surface area contributed by atoms with E-state index in [9.17, 15) is 14.7 Å². The fraction of sp³-hybridized carbons (Fsp3) is 0.435. The van der Waals surface area contributed by atoms with Crippen LogP contribution < -0.4 is 4.74 Å². The van der Waals surface area contributed by atoms with Crippen molar-refractivity contribution in [2.45, 2.75) is 39.7 Å². The molecule has 0 radical (unpaired) electrons. The summed E-state index contributed by atoms with van der Waals surface area (Å²) in [7, 11) is 1.54. The lowest BCUT2D eigenvalue weighted by Gasteiger charge is -2.26. The summed E-state index contributed by atoms with van der Waals surface area (Å²) < 4.78 is 10.9. The van der Waals surface area contributed by atoms with E-state index < -0.39 is 17.7 Å². The first-order valence-corrected chi connectivity index (χ1v) is 11.1. The van der Waals surface area contributed by atoms with E-state index in [1.54, 1.807) is 14.0 Å². The van der Waals surface area contributed by atoms with E-state index in [2.05, 4.69) is 11.9 Å². The molecule has 0 saturated heterocycles. The third-order valence-electron chi connectivity index (χ3n) is 5.16. The Kier molecular flexibility index (Phi) is 7.46. The first-order valence-electron chi connectivity index (χ1n) is 10.3. The van der Waals surface area contributed by atoms with Crippen LogP contribution in [0, 0.1) is 13.8 Å². The number of rotatable bonds is 10. The number of benzene rings is 1. The Labute approximate surface area is 186 Å². The average molecular weight is 445 g/mol. The van der Waals surface area contributed by atoms with Crippen molar-refractivity contribution in [2.24, 2.45) is 0 Å². The molecule has 0 bridgehead atoms. The van der Waals surface area contributed by atoms with Gasteiger partial charge >= 0.3 is 0 Å². The molecule has 1 unspecified atom stereocenters. The van der Waals surface area contributed by atoms with Crippen LogP contribution >= 0.6 is 11.3 Å². The molecule has 2 aromatic rings. The van der Waals surface area contributed by atoms with E-state index >= 15 is 0 Å². The first kappa shape index (κ1) is 23.0. The van der Waals surface area contributed by atoms with Crippen molar-refractivity contribution in [3.63, 3.8) is 0 Å². The van der Waals surface area contributed by atoms with Crippen LogP contribution in [0.4, 0.5) is 0 Å². The number of hydrogen-bond acceptors (Lipinski definition) is 7. The normalized spacial score (nSPS) is 16.3. The van der Waals surface area contributed by atoms with Gasteiger partial charge in [-0.1, -0.05) is 25.5 Å². The van der Waals surface area contributed by atoms with E-state index in [0.29, 0.717) is 17.2 Å². The van der Waals surface area contributed by atoms with Gasteiger partial charge in [0.25, 0.3) is 5.91 Å². The summed E-state index contributed by atoms with van der Waals surface area (Å²) in [5.74, 6) is -0.741. The molecular weight excluding hydrogens is 416 g/mol. The number of Topliss-reactive ketones (excluding diaryl/α,β-unsaturated/α-hetero) is 1. The summed E-state index contributed by atoms with van der Waals surface area (Å²) in [6.07, 6.45) is 2.01. The minimum atomic E-state index is -0.707. The molecule has 0 spiro atoms. The molecule has 1 atom stereocenters. The lowest BCUT2D eigenvalue weighted by atomic mass is 9.95. The van der Waals surface area contributed by atoms with E-state index in [0.717, 1.165) is 29.2 Å². The van der Waals surface area contributed by atoms with Gasteiger partial charge in [-0.15, -0.1) is 11.3 Å². The predicted octanol–water partition coefficient (Wildman–Crippen LogP) is 4.16. The molecule has 0 fully saturated rings. The van der Waals surface area contributed by atoms with Gasteiger partial charge in [-0.2, -0.15) is 0 Å². The molecule has 1 N–H and O–H groups in total. The van der Waals surface area contributed by atoms with Crippen LogP contribution in [0.25, 0.3) is 0 Å². The van der Waals surface area contributed by atoms with E-state index in [4.69, 9.17) is 9.47 Å². The molecule has 1 aromatic carbocycles. The molecule has 1 amide bonds. The van der Waals surface area contributed by atoms with E-state index in [1.165, 1.54) is 16.2 Å². The number of aromatic nitrogens is 1. The number of aryl methyl sites for hydroxylation is 2. The van der Waals surface area contributed by atoms with Gasteiger partial charge in [0, 0.05) is 13.7 Å². The molecule has 1 aromatic heterocycles. The highest BCUT2D eigenvalue weighted by atomic mass is 32.1. The van der Waals surface area contributed by atoms with Crippen LogP contribution in [-0.4, -0.2) is 53.5 Å². The molecule has 1 aliphatic heterocycles. The standard InChI is InChI=1S/C23H28N2O5S/c1-5-6-12-30-17-9-7-16(8-10-17)19-18(20(26)22-14(2)24-15(3)31-22)21(27)23(28)25(19)11-13-29-4/h7-10,19,27H,5-6,11-13H2,1-4H3. The van der Waals surface area contributed by atoms with Gasteiger partial charge in [0.05, 0.1) is 40.4 Å². The number of ether oxygens (including phenoxy) is 2. The number of aliphatic hydroxyl groups is 1. The topological polar surface area (TPSA) is 89.0 Å². The number of methoxy groups -OCH3 is 1. The van der Waals surface area contributed by atoms with Gasteiger partial charge in [0.15, 0.2) is 5.76 Å². The fourth-order valence-corrected chi connectivity index (χ4v) is 4.47. The maximum atomic E-state index is 13.4. The summed E-state index contributed by atoms with van der Waals surface area (Å²) in [6.45, 7) is 6.84. The molecule has 8 heteroatoms. The van der Waals surface area contributed by atoms with Crippen LogP contribution in [0.5, 0.6) is 5.75 Å². The number of thiazole rings is 1. The van der Waals surface area contributed by atoms with Crippen LogP contribution in [-0.2, 0) is 9.53 Å². The van der Waals surface area contributed by atoms with Crippen molar-refractivity contribution in [1.29, 1.82) is 0 Å². The Morgan fingerprint density at radius 1 is 1.23 bits per heavy atom. The summed E-state index contributed by atoms with van der Waals surface area (Å²) in [5.41, 5.74) is 1.39. The fourth-order valence-electron chi connectivity index (χ4n) is 3.60.